The molecular formula is C23H31N7O4. The van der Waals surface area contributed by atoms with E-state index in [1.807, 2.05) is 19.1 Å². The van der Waals surface area contributed by atoms with Crippen LogP contribution in [0.5, 0.6) is 6.01 Å². The Morgan fingerprint density at radius 1 is 1.24 bits per heavy atom. The number of hydrogen-bond donors (Lipinski definition) is 2. The molecule has 1 aliphatic heterocycles. The van der Waals surface area contributed by atoms with Crippen molar-refractivity contribution in [3.63, 3.8) is 0 Å². The van der Waals surface area contributed by atoms with E-state index < -0.39 is 0 Å². The number of anilines is 2. The van der Waals surface area contributed by atoms with Gasteiger partial charge in [-0.2, -0.15) is 9.97 Å². The van der Waals surface area contributed by atoms with Gasteiger partial charge in [0.2, 0.25) is 0 Å². The smallest absolute Gasteiger partial charge is 0.328 e. The summed E-state index contributed by atoms with van der Waals surface area (Å²) in [7, 11) is 0. The number of ether oxygens (including phenoxy) is 2. The van der Waals surface area contributed by atoms with Gasteiger partial charge in [0.1, 0.15) is 11.3 Å². The van der Waals surface area contributed by atoms with Gasteiger partial charge in [0.15, 0.2) is 11.5 Å². The first kappa shape index (κ1) is 23.5. The summed E-state index contributed by atoms with van der Waals surface area (Å²) in [6.07, 6.45) is 5.10. The van der Waals surface area contributed by atoms with Crippen LogP contribution in [0.2, 0.25) is 0 Å². The SMILES string of the molecule is CCCCOc1nc(N)c2[nH]c(=O)n(Cc3ccc(N4CCC(C(=O)OCC)CC4)nc3)c2n1. The summed E-state index contributed by atoms with van der Waals surface area (Å²) in [5, 5.41) is 0. The molecule has 3 aromatic rings. The monoisotopic (exact) mass is 469 g/mol. The molecule has 0 spiro atoms. The number of nitrogen functional groups attached to an aromatic ring is 1. The Kier molecular flexibility index (Phi) is 7.29. The zero-order valence-corrected chi connectivity index (χ0v) is 19.6. The first-order valence-corrected chi connectivity index (χ1v) is 11.8. The zero-order valence-electron chi connectivity index (χ0n) is 19.6. The molecule has 11 heteroatoms. The summed E-state index contributed by atoms with van der Waals surface area (Å²) in [6, 6.07) is 4.03. The molecule has 0 atom stereocenters. The molecule has 0 aromatic carbocycles. The third-order valence-electron chi connectivity index (χ3n) is 5.95. The van der Waals surface area contributed by atoms with Gasteiger partial charge in [0, 0.05) is 19.3 Å². The second kappa shape index (κ2) is 10.5. The minimum Gasteiger partial charge on any atom is -0.466 e. The van der Waals surface area contributed by atoms with E-state index in [9.17, 15) is 9.59 Å². The van der Waals surface area contributed by atoms with Crippen molar-refractivity contribution in [2.75, 3.05) is 36.9 Å². The van der Waals surface area contributed by atoms with Crippen LogP contribution >= 0.6 is 0 Å². The summed E-state index contributed by atoms with van der Waals surface area (Å²) >= 11 is 0. The Morgan fingerprint density at radius 2 is 2.03 bits per heavy atom. The van der Waals surface area contributed by atoms with Crippen LogP contribution in [-0.4, -0.2) is 56.8 Å². The number of piperidine rings is 1. The van der Waals surface area contributed by atoms with E-state index in [1.165, 1.54) is 4.57 Å². The van der Waals surface area contributed by atoms with Crippen molar-refractivity contribution >= 4 is 28.8 Å². The predicted octanol–water partition coefficient (Wildman–Crippen LogP) is 2.10. The molecule has 1 fully saturated rings. The predicted molar refractivity (Wildman–Crippen MR) is 128 cm³/mol. The van der Waals surface area contributed by atoms with Crippen LogP contribution in [0.15, 0.2) is 23.1 Å². The molecule has 0 unspecified atom stereocenters. The van der Waals surface area contributed by atoms with Crippen LogP contribution in [0, 0.1) is 5.92 Å². The average molecular weight is 470 g/mol. The third kappa shape index (κ3) is 5.13. The summed E-state index contributed by atoms with van der Waals surface area (Å²) in [6.45, 7) is 6.55. The Bertz CT molecular complexity index is 1180. The minimum absolute atomic E-state index is 0.0468. The molecule has 11 nitrogen and oxygen atoms in total. The van der Waals surface area contributed by atoms with Crippen molar-refractivity contribution in [2.24, 2.45) is 5.92 Å². The van der Waals surface area contributed by atoms with Crippen LogP contribution in [0.1, 0.15) is 45.1 Å². The van der Waals surface area contributed by atoms with Gasteiger partial charge in [0.05, 0.1) is 25.7 Å². The summed E-state index contributed by atoms with van der Waals surface area (Å²) < 4.78 is 12.2. The lowest BCUT2D eigenvalue weighted by molar-refractivity contribution is -0.148. The Morgan fingerprint density at radius 3 is 2.71 bits per heavy atom. The lowest BCUT2D eigenvalue weighted by atomic mass is 9.97. The fourth-order valence-electron chi connectivity index (χ4n) is 4.03. The van der Waals surface area contributed by atoms with Crippen LogP contribution < -0.4 is 21.1 Å². The van der Waals surface area contributed by atoms with Crippen LogP contribution in [-0.2, 0) is 16.1 Å². The Hall–Kier alpha value is -3.63. The summed E-state index contributed by atoms with van der Waals surface area (Å²) in [5.41, 5.74) is 7.33. The highest BCUT2D eigenvalue weighted by atomic mass is 16.5. The number of esters is 1. The number of aromatic amines is 1. The molecule has 3 aromatic heterocycles. The molecule has 0 bridgehead atoms. The molecule has 182 valence electrons. The highest BCUT2D eigenvalue weighted by Crippen LogP contribution is 2.23. The molecule has 1 saturated heterocycles. The van der Waals surface area contributed by atoms with Crippen LogP contribution in [0.25, 0.3) is 11.2 Å². The van der Waals surface area contributed by atoms with E-state index >= 15 is 0 Å². The second-order valence-corrected chi connectivity index (χ2v) is 8.35. The topological polar surface area (TPSA) is 141 Å². The van der Waals surface area contributed by atoms with Gasteiger partial charge in [-0.3, -0.25) is 9.36 Å². The van der Waals surface area contributed by atoms with Gasteiger partial charge < -0.3 is 25.1 Å². The van der Waals surface area contributed by atoms with Crippen molar-refractivity contribution in [2.45, 2.75) is 46.1 Å². The van der Waals surface area contributed by atoms with Crippen LogP contribution in [0.4, 0.5) is 11.6 Å². The minimum atomic E-state index is -0.327. The maximum absolute atomic E-state index is 12.6. The van der Waals surface area contributed by atoms with Gasteiger partial charge in [-0.1, -0.05) is 19.4 Å². The number of aromatic nitrogens is 5. The molecule has 1 aliphatic rings. The fourth-order valence-corrected chi connectivity index (χ4v) is 4.03. The van der Waals surface area contributed by atoms with E-state index in [1.54, 1.807) is 6.20 Å². The largest absolute Gasteiger partial charge is 0.466 e. The van der Waals surface area contributed by atoms with Crippen molar-refractivity contribution in [1.82, 2.24) is 24.5 Å². The second-order valence-electron chi connectivity index (χ2n) is 8.35. The average Bonchev–Trinajstić information content (AvgIpc) is 3.16. The summed E-state index contributed by atoms with van der Waals surface area (Å²) in [4.78, 5) is 42.6. The number of H-pyrrole nitrogens is 1. The van der Waals surface area contributed by atoms with Crippen molar-refractivity contribution in [3.8, 4) is 6.01 Å². The molecule has 4 heterocycles. The van der Waals surface area contributed by atoms with Crippen molar-refractivity contribution in [3.05, 3.63) is 34.4 Å². The number of hydrogen-bond acceptors (Lipinski definition) is 9. The van der Waals surface area contributed by atoms with E-state index in [-0.39, 0.29) is 36.0 Å². The number of unbranched alkanes of at least 4 members (excludes halogenated alkanes) is 1. The van der Waals surface area contributed by atoms with E-state index in [4.69, 9.17) is 15.2 Å². The fraction of sp³-hybridized carbons (Fsp3) is 0.522. The van der Waals surface area contributed by atoms with Gasteiger partial charge >= 0.3 is 17.7 Å². The highest BCUT2D eigenvalue weighted by Gasteiger charge is 2.26. The lowest BCUT2D eigenvalue weighted by Gasteiger charge is -2.31. The van der Waals surface area contributed by atoms with E-state index in [2.05, 4.69) is 31.8 Å². The molecular weight excluding hydrogens is 438 g/mol. The number of pyridine rings is 1. The van der Waals surface area contributed by atoms with Crippen LogP contribution in [0.3, 0.4) is 0 Å². The number of imidazole rings is 1. The lowest BCUT2D eigenvalue weighted by Crippen LogP contribution is -2.37. The number of rotatable bonds is 9. The number of carbonyl (C=O) groups excluding carboxylic acids is 1. The Balaban J connectivity index is 1.46. The van der Waals surface area contributed by atoms with Crippen molar-refractivity contribution in [1.29, 1.82) is 0 Å². The molecule has 3 N–H and O–H groups in total. The van der Waals surface area contributed by atoms with Gasteiger partial charge in [0.25, 0.3) is 0 Å². The van der Waals surface area contributed by atoms with Gasteiger partial charge in [-0.05, 0) is 37.8 Å². The molecule has 0 saturated carbocycles. The molecule has 0 amide bonds. The highest BCUT2D eigenvalue weighted by molar-refractivity contribution is 5.82. The van der Waals surface area contributed by atoms with Crippen molar-refractivity contribution < 1.29 is 14.3 Å². The van der Waals surface area contributed by atoms with Gasteiger partial charge in [-0.15, -0.1) is 0 Å². The number of nitrogens with one attached hydrogen (secondary N) is 1. The van der Waals surface area contributed by atoms with Gasteiger partial charge in [-0.25, -0.2) is 9.78 Å². The standard InChI is InChI=1S/C23H31N7O4/c1-3-5-12-34-22-27-19(24)18-20(28-22)30(23(32)26-18)14-15-6-7-17(25-13-15)29-10-8-16(9-11-29)21(31)33-4-2/h6-7,13,16H,3-5,8-12,14H2,1-2H3,(H,26,32)(H2,24,27,28). The molecule has 0 radical (unpaired) electrons. The van der Waals surface area contributed by atoms with E-state index in [0.717, 1.165) is 50.2 Å². The first-order valence-electron chi connectivity index (χ1n) is 11.8. The number of fused-ring (bicyclic) bond motifs is 1. The molecule has 4 rings (SSSR count). The quantitative estimate of drug-likeness (QED) is 0.356. The maximum atomic E-state index is 12.6. The normalized spacial score (nSPS) is 14.5. The maximum Gasteiger partial charge on any atom is 0.328 e. The number of nitrogens with two attached hydrogens (primary N) is 1. The third-order valence-corrected chi connectivity index (χ3v) is 5.95. The number of nitrogens with zero attached hydrogens (tertiary/aromatic N) is 5. The summed E-state index contributed by atoms with van der Waals surface area (Å²) in [5.74, 6) is 0.857. The first-order chi connectivity index (χ1) is 16.5. The molecule has 0 aliphatic carbocycles. The molecule has 34 heavy (non-hydrogen) atoms. The van der Waals surface area contributed by atoms with E-state index in [0.29, 0.717) is 24.4 Å². The zero-order chi connectivity index (χ0) is 24.1. The Labute approximate surface area is 197 Å². The number of carbonyl (C=O) groups is 1.